The number of ether oxygens (including phenoxy) is 1. The number of esters is 1. The Hall–Kier alpha value is -2.51. The molecule has 0 saturated carbocycles. The predicted octanol–water partition coefficient (Wildman–Crippen LogP) is 1.67. The molecule has 0 spiro atoms. The lowest BCUT2D eigenvalue weighted by Gasteiger charge is -2.18. The molecule has 0 aliphatic carbocycles. The van der Waals surface area contributed by atoms with E-state index in [0.29, 0.717) is 0 Å². The lowest BCUT2D eigenvalue weighted by Crippen LogP contribution is -2.43. The summed E-state index contributed by atoms with van der Waals surface area (Å²) >= 11 is 0. The fourth-order valence-electron chi connectivity index (χ4n) is 2.06. The molecule has 0 aromatic heterocycles. The van der Waals surface area contributed by atoms with Gasteiger partial charge in [-0.1, -0.05) is 13.0 Å². The van der Waals surface area contributed by atoms with Crippen molar-refractivity contribution in [1.82, 2.24) is 5.32 Å². The van der Waals surface area contributed by atoms with Gasteiger partial charge in [-0.2, -0.15) is 0 Å². The first-order valence-electron chi connectivity index (χ1n) is 7.37. The Bertz CT molecular complexity index is 600. The van der Waals surface area contributed by atoms with Gasteiger partial charge in [0.2, 0.25) is 5.91 Å². The molecular formula is C16H19F2NO5. The quantitative estimate of drug-likeness (QED) is 0.701. The number of halogens is 2. The van der Waals surface area contributed by atoms with Gasteiger partial charge >= 0.3 is 11.9 Å². The van der Waals surface area contributed by atoms with Crippen LogP contribution in [0.15, 0.2) is 18.2 Å². The van der Waals surface area contributed by atoms with E-state index in [1.807, 2.05) is 0 Å². The van der Waals surface area contributed by atoms with E-state index in [4.69, 9.17) is 9.84 Å². The van der Waals surface area contributed by atoms with E-state index in [0.717, 1.165) is 18.2 Å². The molecule has 1 aromatic carbocycles. The SMILES string of the molecule is CCOC(=O)[C@@H](C)C[C@H](NC(=O)Cc1c(F)cccc1F)C(=O)O. The van der Waals surface area contributed by atoms with Crippen molar-refractivity contribution in [1.29, 1.82) is 0 Å². The molecule has 6 nitrogen and oxygen atoms in total. The van der Waals surface area contributed by atoms with Crippen LogP contribution in [0.25, 0.3) is 0 Å². The average molecular weight is 343 g/mol. The molecule has 0 saturated heterocycles. The summed E-state index contributed by atoms with van der Waals surface area (Å²) < 4.78 is 31.8. The zero-order valence-electron chi connectivity index (χ0n) is 13.3. The molecule has 0 aliphatic rings. The summed E-state index contributed by atoms with van der Waals surface area (Å²) in [6.45, 7) is 3.24. The highest BCUT2D eigenvalue weighted by Crippen LogP contribution is 2.14. The van der Waals surface area contributed by atoms with Gasteiger partial charge in [-0.25, -0.2) is 13.6 Å². The van der Waals surface area contributed by atoms with Crippen molar-refractivity contribution in [3.05, 3.63) is 35.4 Å². The number of rotatable bonds is 8. The van der Waals surface area contributed by atoms with E-state index < -0.39 is 53.4 Å². The van der Waals surface area contributed by atoms with E-state index in [1.165, 1.54) is 6.92 Å². The Balaban J connectivity index is 2.73. The number of carboxylic acid groups (broad SMARTS) is 1. The van der Waals surface area contributed by atoms with Gasteiger partial charge in [0.25, 0.3) is 0 Å². The number of carbonyl (C=O) groups is 3. The van der Waals surface area contributed by atoms with Crippen molar-refractivity contribution in [2.24, 2.45) is 5.92 Å². The number of carboxylic acids is 1. The van der Waals surface area contributed by atoms with Gasteiger partial charge in [-0.15, -0.1) is 0 Å². The maximum absolute atomic E-state index is 13.5. The van der Waals surface area contributed by atoms with Crippen molar-refractivity contribution < 1.29 is 33.0 Å². The Morgan fingerprint density at radius 1 is 1.25 bits per heavy atom. The average Bonchev–Trinajstić information content (AvgIpc) is 2.50. The van der Waals surface area contributed by atoms with Crippen LogP contribution >= 0.6 is 0 Å². The first-order chi connectivity index (χ1) is 11.3. The second-order valence-corrected chi connectivity index (χ2v) is 5.22. The van der Waals surface area contributed by atoms with E-state index in [2.05, 4.69) is 5.32 Å². The fourth-order valence-corrected chi connectivity index (χ4v) is 2.06. The highest BCUT2D eigenvalue weighted by molar-refractivity contribution is 5.85. The lowest BCUT2D eigenvalue weighted by atomic mass is 10.0. The van der Waals surface area contributed by atoms with Gasteiger partial charge in [0.1, 0.15) is 17.7 Å². The number of amides is 1. The minimum Gasteiger partial charge on any atom is -0.480 e. The molecule has 1 aromatic rings. The zero-order valence-corrected chi connectivity index (χ0v) is 13.3. The predicted molar refractivity (Wildman–Crippen MR) is 80.0 cm³/mol. The van der Waals surface area contributed by atoms with Gasteiger partial charge in [0.05, 0.1) is 18.9 Å². The van der Waals surface area contributed by atoms with Crippen molar-refractivity contribution in [3.63, 3.8) is 0 Å². The molecule has 0 heterocycles. The molecule has 8 heteroatoms. The summed E-state index contributed by atoms with van der Waals surface area (Å²) in [7, 11) is 0. The van der Waals surface area contributed by atoms with E-state index in [1.54, 1.807) is 6.92 Å². The van der Waals surface area contributed by atoms with Crippen molar-refractivity contribution in [2.75, 3.05) is 6.61 Å². The molecule has 132 valence electrons. The summed E-state index contributed by atoms with van der Waals surface area (Å²) in [4.78, 5) is 34.6. The molecule has 0 fully saturated rings. The van der Waals surface area contributed by atoms with Crippen molar-refractivity contribution >= 4 is 17.8 Å². The summed E-state index contributed by atoms with van der Waals surface area (Å²) in [5, 5.41) is 11.3. The molecule has 1 rings (SSSR count). The smallest absolute Gasteiger partial charge is 0.326 e. The van der Waals surface area contributed by atoms with E-state index >= 15 is 0 Å². The van der Waals surface area contributed by atoms with Crippen molar-refractivity contribution in [3.8, 4) is 0 Å². The molecule has 2 N–H and O–H groups in total. The molecule has 0 radical (unpaired) electrons. The first kappa shape index (κ1) is 19.5. The van der Waals surface area contributed by atoms with Crippen LogP contribution in [0, 0.1) is 17.6 Å². The Labute approximate surface area is 137 Å². The van der Waals surface area contributed by atoms with Crippen LogP contribution in [0.2, 0.25) is 0 Å². The molecule has 1 amide bonds. The third-order valence-electron chi connectivity index (χ3n) is 3.31. The van der Waals surface area contributed by atoms with Gasteiger partial charge in [-0.3, -0.25) is 9.59 Å². The fraction of sp³-hybridized carbons (Fsp3) is 0.438. The van der Waals surface area contributed by atoms with Gasteiger partial charge < -0.3 is 15.2 Å². The number of hydrogen-bond donors (Lipinski definition) is 2. The maximum Gasteiger partial charge on any atom is 0.326 e. The van der Waals surface area contributed by atoms with Gasteiger partial charge in [0.15, 0.2) is 0 Å². The Morgan fingerprint density at radius 3 is 2.33 bits per heavy atom. The summed E-state index contributed by atoms with van der Waals surface area (Å²) in [6.07, 6.45) is -0.838. The summed E-state index contributed by atoms with van der Waals surface area (Å²) in [5.74, 6) is -5.33. The normalized spacial score (nSPS) is 13.0. The highest BCUT2D eigenvalue weighted by Gasteiger charge is 2.27. The lowest BCUT2D eigenvalue weighted by molar-refractivity contribution is -0.149. The minimum atomic E-state index is -1.37. The second kappa shape index (κ2) is 8.95. The highest BCUT2D eigenvalue weighted by atomic mass is 19.1. The number of hydrogen-bond acceptors (Lipinski definition) is 4. The molecule has 0 unspecified atom stereocenters. The van der Waals surface area contributed by atoms with Crippen LogP contribution in [-0.2, 0) is 25.5 Å². The Kier molecular flexibility index (Phi) is 7.29. The molecule has 24 heavy (non-hydrogen) atoms. The largest absolute Gasteiger partial charge is 0.480 e. The third kappa shape index (κ3) is 5.60. The number of aliphatic carboxylic acids is 1. The van der Waals surface area contributed by atoms with Crippen LogP contribution in [0.4, 0.5) is 8.78 Å². The van der Waals surface area contributed by atoms with E-state index in [-0.39, 0.29) is 13.0 Å². The number of carbonyl (C=O) groups excluding carboxylic acids is 2. The van der Waals surface area contributed by atoms with Crippen LogP contribution in [0.1, 0.15) is 25.8 Å². The van der Waals surface area contributed by atoms with E-state index in [9.17, 15) is 23.2 Å². The minimum absolute atomic E-state index is 0.153. The van der Waals surface area contributed by atoms with Crippen LogP contribution in [0.5, 0.6) is 0 Å². The molecule has 2 atom stereocenters. The third-order valence-corrected chi connectivity index (χ3v) is 3.31. The monoisotopic (exact) mass is 343 g/mol. The van der Waals surface area contributed by atoms with Crippen LogP contribution in [0.3, 0.4) is 0 Å². The molecule has 0 aliphatic heterocycles. The van der Waals surface area contributed by atoms with Crippen molar-refractivity contribution in [2.45, 2.75) is 32.7 Å². The standard InChI is InChI=1S/C16H19F2NO5/c1-3-24-16(23)9(2)7-13(15(21)22)19-14(20)8-10-11(17)5-4-6-12(10)18/h4-6,9,13H,3,7-8H2,1-2H3,(H,19,20)(H,21,22)/t9-,13-/m0/s1. The number of nitrogens with one attached hydrogen (secondary N) is 1. The second-order valence-electron chi connectivity index (χ2n) is 5.22. The molecule has 0 bridgehead atoms. The zero-order chi connectivity index (χ0) is 18.3. The van der Waals surface area contributed by atoms with Crippen LogP contribution in [-0.4, -0.2) is 35.6 Å². The summed E-state index contributed by atoms with van der Waals surface area (Å²) in [6, 6.07) is 1.80. The topological polar surface area (TPSA) is 92.7 Å². The van der Waals surface area contributed by atoms with Crippen LogP contribution < -0.4 is 5.32 Å². The first-order valence-corrected chi connectivity index (χ1v) is 7.37. The molecular weight excluding hydrogens is 324 g/mol. The maximum atomic E-state index is 13.5. The Morgan fingerprint density at radius 2 is 1.83 bits per heavy atom. The van der Waals surface area contributed by atoms with Gasteiger partial charge in [0, 0.05) is 5.56 Å². The summed E-state index contributed by atoms with van der Waals surface area (Å²) in [5.41, 5.74) is -0.447. The number of benzene rings is 1. The van der Waals surface area contributed by atoms with Gasteiger partial charge in [-0.05, 0) is 25.5 Å².